The Labute approximate surface area is 174 Å². The van der Waals surface area contributed by atoms with Crippen LogP contribution in [0.1, 0.15) is 29.6 Å². The van der Waals surface area contributed by atoms with Gasteiger partial charge in [-0.3, -0.25) is 14.4 Å². The molecule has 0 radical (unpaired) electrons. The lowest BCUT2D eigenvalue weighted by molar-refractivity contribution is -0.117. The molecule has 0 bridgehead atoms. The van der Waals surface area contributed by atoms with Crippen molar-refractivity contribution in [1.82, 2.24) is 5.32 Å². The first-order valence-corrected chi connectivity index (χ1v) is 9.98. The maximum Gasteiger partial charge on any atom is 0.251 e. The number of carbonyl (C=O) groups excluding carboxylic acids is 3. The van der Waals surface area contributed by atoms with Crippen LogP contribution < -0.4 is 25.0 Å². The van der Waals surface area contributed by atoms with Crippen LogP contribution >= 0.6 is 0 Å². The van der Waals surface area contributed by atoms with Crippen molar-refractivity contribution in [2.45, 2.75) is 19.3 Å². The summed E-state index contributed by atoms with van der Waals surface area (Å²) in [7, 11) is 0. The van der Waals surface area contributed by atoms with Gasteiger partial charge in [-0.25, -0.2) is 0 Å². The van der Waals surface area contributed by atoms with Gasteiger partial charge in [-0.2, -0.15) is 0 Å². The Bertz CT molecular complexity index is 958. The number of anilines is 2. The van der Waals surface area contributed by atoms with Gasteiger partial charge in [-0.05, 0) is 42.8 Å². The number of rotatable bonds is 5. The standard InChI is InChI=1S/C22H23N3O5/c26-20(24-16-6-9-18-19(13-16)30-12-2-11-29-18)14-23-22(28)15-4-7-17(8-5-15)25-10-1-3-21(25)27/h4-9,13H,1-3,10-12,14H2,(H,23,28)(H,24,26). The second-order valence-electron chi connectivity index (χ2n) is 7.14. The Balaban J connectivity index is 1.30. The summed E-state index contributed by atoms with van der Waals surface area (Å²) in [6.07, 6.45) is 2.21. The Morgan fingerprint density at radius 3 is 2.47 bits per heavy atom. The van der Waals surface area contributed by atoms with Gasteiger partial charge in [0.1, 0.15) is 0 Å². The molecule has 0 atom stereocenters. The van der Waals surface area contributed by atoms with Crippen molar-refractivity contribution in [3.63, 3.8) is 0 Å². The van der Waals surface area contributed by atoms with Crippen LogP contribution in [0.4, 0.5) is 11.4 Å². The third-order valence-corrected chi connectivity index (χ3v) is 4.96. The minimum absolute atomic E-state index is 0.0960. The minimum atomic E-state index is -0.358. The van der Waals surface area contributed by atoms with Crippen molar-refractivity contribution in [3.05, 3.63) is 48.0 Å². The number of ether oxygens (including phenoxy) is 2. The van der Waals surface area contributed by atoms with Crippen molar-refractivity contribution >= 4 is 29.1 Å². The maximum atomic E-state index is 12.3. The summed E-state index contributed by atoms with van der Waals surface area (Å²) in [5.41, 5.74) is 1.77. The second kappa shape index (κ2) is 8.86. The van der Waals surface area contributed by atoms with E-state index < -0.39 is 0 Å². The summed E-state index contributed by atoms with van der Waals surface area (Å²) in [5, 5.41) is 5.34. The van der Waals surface area contributed by atoms with Crippen LogP contribution in [0.5, 0.6) is 11.5 Å². The van der Waals surface area contributed by atoms with Crippen molar-refractivity contribution < 1.29 is 23.9 Å². The average molecular weight is 409 g/mol. The lowest BCUT2D eigenvalue weighted by Gasteiger charge is -2.15. The number of nitrogens with zero attached hydrogens (tertiary/aromatic N) is 1. The molecule has 0 saturated carbocycles. The van der Waals surface area contributed by atoms with E-state index in [-0.39, 0.29) is 24.3 Å². The Morgan fingerprint density at radius 2 is 1.73 bits per heavy atom. The molecule has 2 aliphatic rings. The highest BCUT2D eigenvalue weighted by Crippen LogP contribution is 2.32. The first kappa shape index (κ1) is 19.8. The van der Waals surface area contributed by atoms with Crippen LogP contribution in [-0.4, -0.2) is 44.0 Å². The maximum absolute atomic E-state index is 12.3. The molecule has 2 N–H and O–H groups in total. The summed E-state index contributed by atoms with van der Waals surface area (Å²) in [4.78, 5) is 38.0. The second-order valence-corrected chi connectivity index (χ2v) is 7.14. The number of carbonyl (C=O) groups is 3. The van der Waals surface area contributed by atoms with Gasteiger partial charge < -0.3 is 25.0 Å². The first-order chi connectivity index (χ1) is 14.6. The average Bonchev–Trinajstić information content (AvgIpc) is 3.04. The van der Waals surface area contributed by atoms with E-state index in [0.29, 0.717) is 48.9 Å². The normalized spacial score (nSPS) is 15.5. The number of nitrogens with one attached hydrogen (secondary N) is 2. The van der Waals surface area contributed by atoms with Crippen LogP contribution in [0.3, 0.4) is 0 Å². The van der Waals surface area contributed by atoms with Gasteiger partial charge >= 0.3 is 0 Å². The highest BCUT2D eigenvalue weighted by Gasteiger charge is 2.21. The summed E-state index contributed by atoms with van der Waals surface area (Å²) in [6, 6.07) is 12.0. The van der Waals surface area contributed by atoms with E-state index >= 15 is 0 Å². The van der Waals surface area contributed by atoms with Crippen LogP contribution in [0.25, 0.3) is 0 Å². The molecule has 3 amide bonds. The van der Waals surface area contributed by atoms with Gasteiger partial charge in [0, 0.05) is 42.4 Å². The number of hydrogen-bond acceptors (Lipinski definition) is 5. The van der Waals surface area contributed by atoms with Gasteiger partial charge in [0.2, 0.25) is 11.8 Å². The zero-order chi connectivity index (χ0) is 20.9. The third-order valence-electron chi connectivity index (χ3n) is 4.96. The molecular weight excluding hydrogens is 386 g/mol. The lowest BCUT2D eigenvalue weighted by atomic mass is 10.2. The molecule has 2 aliphatic heterocycles. The van der Waals surface area contributed by atoms with Crippen molar-refractivity contribution in [2.24, 2.45) is 0 Å². The van der Waals surface area contributed by atoms with Crippen LogP contribution in [0.2, 0.25) is 0 Å². The third kappa shape index (κ3) is 4.53. The molecule has 1 fully saturated rings. The van der Waals surface area contributed by atoms with E-state index in [1.54, 1.807) is 47.4 Å². The molecule has 0 spiro atoms. The molecule has 0 aromatic heterocycles. The van der Waals surface area contributed by atoms with Crippen LogP contribution in [0.15, 0.2) is 42.5 Å². The summed E-state index contributed by atoms with van der Waals surface area (Å²) >= 11 is 0. The van der Waals surface area contributed by atoms with E-state index in [0.717, 1.165) is 18.5 Å². The molecule has 8 nitrogen and oxygen atoms in total. The first-order valence-electron chi connectivity index (χ1n) is 9.98. The molecule has 4 rings (SSSR count). The largest absolute Gasteiger partial charge is 0.490 e. The number of benzene rings is 2. The van der Waals surface area contributed by atoms with Crippen molar-refractivity contribution in [2.75, 3.05) is 36.5 Å². The molecule has 1 saturated heterocycles. The molecule has 0 aliphatic carbocycles. The lowest BCUT2D eigenvalue weighted by Crippen LogP contribution is -2.32. The summed E-state index contributed by atoms with van der Waals surface area (Å²) in [5.74, 6) is 0.627. The fourth-order valence-electron chi connectivity index (χ4n) is 3.42. The number of hydrogen-bond donors (Lipinski definition) is 2. The predicted octanol–water partition coefficient (Wildman–Crippen LogP) is 2.34. The van der Waals surface area contributed by atoms with E-state index in [4.69, 9.17) is 9.47 Å². The minimum Gasteiger partial charge on any atom is -0.490 e. The van der Waals surface area contributed by atoms with Gasteiger partial charge in [-0.1, -0.05) is 0 Å². The van der Waals surface area contributed by atoms with E-state index in [1.165, 1.54) is 0 Å². The number of amides is 3. The van der Waals surface area contributed by atoms with Gasteiger partial charge in [0.05, 0.1) is 19.8 Å². The van der Waals surface area contributed by atoms with E-state index in [9.17, 15) is 14.4 Å². The Morgan fingerprint density at radius 1 is 0.967 bits per heavy atom. The molecule has 2 aromatic rings. The molecule has 2 aromatic carbocycles. The zero-order valence-corrected chi connectivity index (χ0v) is 16.5. The predicted molar refractivity (Wildman–Crippen MR) is 111 cm³/mol. The van der Waals surface area contributed by atoms with Crippen LogP contribution in [0, 0.1) is 0 Å². The molecule has 156 valence electrons. The summed E-state index contributed by atoms with van der Waals surface area (Å²) < 4.78 is 11.2. The number of fused-ring (bicyclic) bond motifs is 1. The molecule has 30 heavy (non-hydrogen) atoms. The molecule has 0 unspecified atom stereocenters. The van der Waals surface area contributed by atoms with Gasteiger partial charge in [-0.15, -0.1) is 0 Å². The zero-order valence-electron chi connectivity index (χ0n) is 16.5. The molecular formula is C22H23N3O5. The van der Waals surface area contributed by atoms with Crippen LogP contribution in [-0.2, 0) is 9.59 Å². The fraction of sp³-hybridized carbons (Fsp3) is 0.318. The van der Waals surface area contributed by atoms with Gasteiger partial charge in [0.15, 0.2) is 11.5 Å². The quantitative estimate of drug-likeness (QED) is 0.790. The van der Waals surface area contributed by atoms with Crippen molar-refractivity contribution in [3.8, 4) is 11.5 Å². The molecule has 2 heterocycles. The monoisotopic (exact) mass is 409 g/mol. The SMILES string of the molecule is O=C(CNC(=O)c1ccc(N2CCCC2=O)cc1)Nc1ccc2c(c1)OCCCO2. The Kier molecular flexibility index (Phi) is 5.83. The van der Waals surface area contributed by atoms with E-state index in [2.05, 4.69) is 10.6 Å². The van der Waals surface area contributed by atoms with E-state index in [1.807, 2.05) is 0 Å². The molecule has 8 heteroatoms. The van der Waals surface area contributed by atoms with Crippen molar-refractivity contribution in [1.29, 1.82) is 0 Å². The fourth-order valence-corrected chi connectivity index (χ4v) is 3.42. The summed E-state index contributed by atoms with van der Waals surface area (Å²) in [6.45, 7) is 1.69. The highest BCUT2D eigenvalue weighted by atomic mass is 16.5. The van der Waals surface area contributed by atoms with Gasteiger partial charge in [0.25, 0.3) is 5.91 Å². The Hall–Kier alpha value is -3.55. The highest BCUT2D eigenvalue weighted by molar-refractivity contribution is 6.00. The smallest absolute Gasteiger partial charge is 0.251 e. The topological polar surface area (TPSA) is 97.0 Å².